The molecule has 2 rings (SSSR count). The molecule has 0 bridgehead atoms. The number of nitrogens with zero attached hydrogens (tertiary/aromatic N) is 1. The average molecular weight is 254 g/mol. The Balaban J connectivity index is 1.74. The van der Waals surface area contributed by atoms with Crippen LogP contribution in [-0.2, 0) is 9.59 Å². The molecule has 0 spiro atoms. The first kappa shape index (κ1) is 13.3. The monoisotopic (exact) mass is 254 g/mol. The Kier molecular flexibility index (Phi) is 4.22. The van der Waals surface area contributed by atoms with E-state index in [2.05, 4.69) is 5.32 Å². The van der Waals surface area contributed by atoms with Crippen LogP contribution in [0.4, 0.5) is 0 Å². The summed E-state index contributed by atoms with van der Waals surface area (Å²) in [5, 5.41) is 12.3. The van der Waals surface area contributed by atoms with Crippen LogP contribution in [0.5, 0.6) is 0 Å². The molecule has 2 N–H and O–H groups in total. The van der Waals surface area contributed by atoms with Crippen molar-refractivity contribution in [2.75, 3.05) is 19.6 Å². The molecule has 3 unspecified atom stereocenters. The van der Waals surface area contributed by atoms with E-state index in [1.165, 1.54) is 0 Å². The van der Waals surface area contributed by atoms with Crippen molar-refractivity contribution in [3.8, 4) is 0 Å². The maximum absolute atomic E-state index is 11.9. The third kappa shape index (κ3) is 3.02. The van der Waals surface area contributed by atoms with Crippen LogP contribution in [0.1, 0.15) is 32.6 Å². The van der Waals surface area contributed by atoms with Gasteiger partial charge in [-0.2, -0.15) is 0 Å². The van der Waals surface area contributed by atoms with Gasteiger partial charge in [-0.1, -0.05) is 0 Å². The van der Waals surface area contributed by atoms with Gasteiger partial charge in [0.1, 0.15) is 0 Å². The highest BCUT2D eigenvalue weighted by Crippen LogP contribution is 2.25. The van der Waals surface area contributed by atoms with Crippen molar-refractivity contribution in [1.82, 2.24) is 10.2 Å². The summed E-state index contributed by atoms with van der Waals surface area (Å²) in [6, 6.07) is 0. The third-order valence-corrected chi connectivity index (χ3v) is 4.05. The Morgan fingerprint density at radius 2 is 2.28 bits per heavy atom. The van der Waals surface area contributed by atoms with Crippen molar-refractivity contribution in [1.29, 1.82) is 0 Å². The molecule has 0 aromatic heterocycles. The van der Waals surface area contributed by atoms with Crippen LogP contribution in [0.3, 0.4) is 0 Å². The lowest BCUT2D eigenvalue weighted by atomic mass is 10.1. The normalized spacial score (nSPS) is 32.0. The maximum Gasteiger partial charge on any atom is 0.225 e. The Labute approximate surface area is 108 Å². The van der Waals surface area contributed by atoms with E-state index in [0.717, 1.165) is 19.3 Å². The predicted octanol–water partition coefficient (Wildman–Crippen LogP) is 0.132. The number of aliphatic hydroxyl groups excluding tert-OH is 1. The minimum absolute atomic E-state index is 0.0133. The molecule has 3 atom stereocenters. The Morgan fingerprint density at radius 3 is 2.83 bits per heavy atom. The SMILES string of the molecule is CCN1CC(C(=O)NCC2CCC(O)C2)CC1=O. The van der Waals surface area contributed by atoms with Crippen molar-refractivity contribution in [2.45, 2.75) is 38.7 Å². The second kappa shape index (κ2) is 5.69. The number of amides is 2. The molecular weight excluding hydrogens is 232 g/mol. The quantitative estimate of drug-likeness (QED) is 0.749. The highest BCUT2D eigenvalue weighted by atomic mass is 16.3. The van der Waals surface area contributed by atoms with Crippen LogP contribution >= 0.6 is 0 Å². The molecule has 5 nitrogen and oxygen atoms in total. The van der Waals surface area contributed by atoms with Gasteiger partial charge in [-0.25, -0.2) is 0 Å². The fraction of sp³-hybridized carbons (Fsp3) is 0.846. The minimum atomic E-state index is -0.199. The van der Waals surface area contributed by atoms with Crippen LogP contribution in [-0.4, -0.2) is 47.6 Å². The largest absolute Gasteiger partial charge is 0.393 e. The Hall–Kier alpha value is -1.10. The van der Waals surface area contributed by atoms with E-state index < -0.39 is 0 Å². The number of hydrogen-bond donors (Lipinski definition) is 2. The first-order chi connectivity index (χ1) is 8.60. The molecule has 2 amide bonds. The molecule has 1 aliphatic heterocycles. The number of carbonyl (C=O) groups is 2. The van der Waals surface area contributed by atoms with Gasteiger partial charge >= 0.3 is 0 Å². The first-order valence-electron chi connectivity index (χ1n) is 6.83. The number of rotatable bonds is 4. The van der Waals surface area contributed by atoms with Gasteiger partial charge in [-0.05, 0) is 32.1 Å². The van der Waals surface area contributed by atoms with E-state index >= 15 is 0 Å². The van der Waals surface area contributed by atoms with E-state index in [1.54, 1.807) is 4.90 Å². The summed E-state index contributed by atoms with van der Waals surface area (Å²) >= 11 is 0. The molecule has 0 aromatic rings. The standard InChI is InChI=1S/C13H22N2O3/c1-2-15-8-10(6-12(15)17)13(18)14-7-9-3-4-11(16)5-9/h9-11,16H,2-8H2,1H3,(H,14,18). The lowest BCUT2D eigenvalue weighted by molar-refractivity contribution is -0.128. The van der Waals surface area contributed by atoms with E-state index in [4.69, 9.17) is 0 Å². The number of likely N-dealkylation sites (tertiary alicyclic amines) is 1. The molecule has 0 radical (unpaired) electrons. The predicted molar refractivity (Wildman–Crippen MR) is 66.7 cm³/mol. The minimum Gasteiger partial charge on any atom is -0.393 e. The first-order valence-corrected chi connectivity index (χ1v) is 6.83. The van der Waals surface area contributed by atoms with Crippen molar-refractivity contribution >= 4 is 11.8 Å². The van der Waals surface area contributed by atoms with Gasteiger partial charge in [0.15, 0.2) is 0 Å². The van der Waals surface area contributed by atoms with Crippen LogP contribution < -0.4 is 5.32 Å². The topological polar surface area (TPSA) is 69.6 Å². The fourth-order valence-corrected chi connectivity index (χ4v) is 2.88. The second-order valence-electron chi connectivity index (χ2n) is 5.41. The smallest absolute Gasteiger partial charge is 0.225 e. The number of carbonyl (C=O) groups excluding carboxylic acids is 2. The van der Waals surface area contributed by atoms with Gasteiger partial charge in [0, 0.05) is 26.1 Å². The van der Waals surface area contributed by atoms with Gasteiger partial charge in [0.25, 0.3) is 0 Å². The van der Waals surface area contributed by atoms with Gasteiger partial charge in [-0.15, -0.1) is 0 Å². The molecule has 18 heavy (non-hydrogen) atoms. The molecule has 5 heteroatoms. The highest BCUT2D eigenvalue weighted by Gasteiger charge is 2.33. The molecule has 2 aliphatic rings. The van der Waals surface area contributed by atoms with E-state index in [9.17, 15) is 14.7 Å². The summed E-state index contributed by atoms with van der Waals surface area (Å²) in [5.41, 5.74) is 0. The zero-order chi connectivity index (χ0) is 13.1. The Morgan fingerprint density at radius 1 is 1.50 bits per heavy atom. The van der Waals surface area contributed by atoms with Crippen LogP contribution in [0.25, 0.3) is 0 Å². The van der Waals surface area contributed by atoms with Crippen LogP contribution in [0.15, 0.2) is 0 Å². The molecular formula is C13H22N2O3. The number of aliphatic hydroxyl groups is 1. The summed E-state index contributed by atoms with van der Waals surface area (Å²) in [7, 11) is 0. The van der Waals surface area contributed by atoms with Crippen molar-refractivity contribution in [3.63, 3.8) is 0 Å². The lowest BCUT2D eigenvalue weighted by Crippen LogP contribution is -2.35. The second-order valence-corrected chi connectivity index (χ2v) is 5.41. The summed E-state index contributed by atoms with van der Waals surface area (Å²) in [6.45, 7) is 3.79. The maximum atomic E-state index is 11.9. The number of hydrogen-bond acceptors (Lipinski definition) is 3. The van der Waals surface area contributed by atoms with E-state index in [1.807, 2.05) is 6.92 Å². The van der Waals surface area contributed by atoms with E-state index in [-0.39, 0.29) is 23.8 Å². The molecule has 102 valence electrons. The fourth-order valence-electron chi connectivity index (χ4n) is 2.88. The molecule has 1 heterocycles. The van der Waals surface area contributed by atoms with E-state index in [0.29, 0.717) is 32.0 Å². The average Bonchev–Trinajstić information content (AvgIpc) is 2.92. The zero-order valence-electron chi connectivity index (χ0n) is 10.9. The third-order valence-electron chi connectivity index (χ3n) is 4.05. The summed E-state index contributed by atoms with van der Waals surface area (Å²) in [4.78, 5) is 25.2. The summed E-state index contributed by atoms with van der Waals surface area (Å²) in [5.74, 6) is 0.265. The molecule has 2 fully saturated rings. The molecule has 1 saturated carbocycles. The van der Waals surface area contributed by atoms with Gasteiger partial charge < -0.3 is 15.3 Å². The zero-order valence-corrected chi connectivity index (χ0v) is 10.9. The van der Waals surface area contributed by atoms with Crippen molar-refractivity contribution < 1.29 is 14.7 Å². The van der Waals surface area contributed by atoms with Crippen molar-refractivity contribution in [3.05, 3.63) is 0 Å². The summed E-state index contributed by atoms with van der Waals surface area (Å²) < 4.78 is 0. The van der Waals surface area contributed by atoms with Gasteiger partial charge in [0.05, 0.1) is 12.0 Å². The van der Waals surface area contributed by atoms with Gasteiger partial charge in [-0.3, -0.25) is 9.59 Å². The Bertz CT molecular complexity index is 332. The lowest BCUT2D eigenvalue weighted by Gasteiger charge is -2.15. The van der Waals surface area contributed by atoms with Crippen LogP contribution in [0, 0.1) is 11.8 Å². The number of nitrogens with one attached hydrogen (secondary N) is 1. The highest BCUT2D eigenvalue weighted by molar-refractivity contribution is 5.89. The summed E-state index contributed by atoms with van der Waals surface area (Å²) in [6.07, 6.45) is 2.74. The van der Waals surface area contributed by atoms with Crippen LogP contribution in [0.2, 0.25) is 0 Å². The molecule has 1 aliphatic carbocycles. The van der Waals surface area contributed by atoms with Crippen molar-refractivity contribution in [2.24, 2.45) is 11.8 Å². The molecule has 0 aromatic carbocycles. The molecule has 1 saturated heterocycles. The van der Waals surface area contributed by atoms with Gasteiger partial charge in [0.2, 0.25) is 11.8 Å².